The number of amides is 4. The quantitative estimate of drug-likeness (QED) is 0.0576. The molecule has 4 aromatic rings. The van der Waals surface area contributed by atoms with E-state index in [0.29, 0.717) is 69.9 Å². The summed E-state index contributed by atoms with van der Waals surface area (Å²) in [6.07, 6.45) is 19.5. The van der Waals surface area contributed by atoms with Crippen LogP contribution in [0.1, 0.15) is 59.1 Å². The summed E-state index contributed by atoms with van der Waals surface area (Å²) >= 11 is 0. The predicted octanol–water partition coefficient (Wildman–Crippen LogP) is 6.25. The summed E-state index contributed by atoms with van der Waals surface area (Å²) in [7, 11) is 0. The molecule has 306 valence electrons. The molecule has 4 N–H and O–H groups in total. The second kappa shape index (κ2) is 19.0. The zero-order valence-corrected chi connectivity index (χ0v) is 33.1. The minimum absolute atomic E-state index is 0.00303. The van der Waals surface area contributed by atoms with Gasteiger partial charge in [-0.15, -0.1) is 0 Å². The highest BCUT2D eigenvalue weighted by atomic mass is 16.6. The molecule has 60 heavy (non-hydrogen) atoms. The van der Waals surface area contributed by atoms with Gasteiger partial charge in [-0.25, -0.2) is 9.97 Å². The first-order chi connectivity index (χ1) is 29.0. The lowest BCUT2D eigenvalue weighted by atomic mass is 9.99. The monoisotopic (exact) mass is 806 g/mol. The molecule has 0 unspecified atom stereocenters. The summed E-state index contributed by atoms with van der Waals surface area (Å²) in [5.74, 6) is 1.11. The van der Waals surface area contributed by atoms with Gasteiger partial charge in [0, 0.05) is 81.4 Å². The minimum atomic E-state index is -0.389. The number of nitrogens with zero attached hydrogens (tertiary/aromatic N) is 5. The van der Waals surface area contributed by atoms with Gasteiger partial charge in [0.2, 0.25) is 23.6 Å². The number of anilines is 3. The lowest BCUT2D eigenvalue weighted by Crippen LogP contribution is -2.33. The molecule has 0 saturated heterocycles. The fourth-order valence-electron chi connectivity index (χ4n) is 7.43. The van der Waals surface area contributed by atoms with Crippen LogP contribution in [0.2, 0.25) is 0 Å². The van der Waals surface area contributed by atoms with Crippen molar-refractivity contribution in [3.63, 3.8) is 0 Å². The number of benzene rings is 2. The summed E-state index contributed by atoms with van der Waals surface area (Å²) in [4.78, 5) is 70.6. The Labute approximate surface area is 347 Å². The predicted molar refractivity (Wildman–Crippen MR) is 230 cm³/mol. The van der Waals surface area contributed by atoms with E-state index >= 15 is 0 Å². The van der Waals surface area contributed by atoms with E-state index < -0.39 is 0 Å². The van der Waals surface area contributed by atoms with Crippen LogP contribution in [0, 0.1) is 10.1 Å². The lowest BCUT2D eigenvalue weighted by Gasteiger charge is -2.25. The third-order valence-corrected chi connectivity index (χ3v) is 10.7. The number of aromatic nitrogens is 2. The maximum atomic E-state index is 12.5. The second-order valence-corrected chi connectivity index (χ2v) is 15.1. The highest BCUT2D eigenvalue weighted by molar-refractivity contribution is 5.95. The van der Waals surface area contributed by atoms with Crippen molar-refractivity contribution < 1.29 is 24.1 Å². The van der Waals surface area contributed by atoms with Crippen LogP contribution >= 0.6 is 0 Å². The molecule has 14 nitrogen and oxygen atoms in total. The summed E-state index contributed by atoms with van der Waals surface area (Å²) in [6.45, 7) is 2.46. The summed E-state index contributed by atoms with van der Waals surface area (Å²) < 4.78 is 0. The molecule has 0 radical (unpaired) electrons. The Morgan fingerprint density at radius 3 is 1.67 bits per heavy atom. The van der Waals surface area contributed by atoms with Crippen LogP contribution in [0.3, 0.4) is 0 Å². The van der Waals surface area contributed by atoms with Crippen molar-refractivity contribution in [2.75, 3.05) is 42.5 Å². The minimum Gasteiger partial charge on any atom is -0.399 e. The number of rotatable bonds is 9. The molecular weight excluding hydrogens is 761 g/mol. The second-order valence-electron chi connectivity index (χ2n) is 15.1. The zero-order valence-electron chi connectivity index (χ0n) is 33.1. The van der Waals surface area contributed by atoms with E-state index in [0.717, 1.165) is 52.8 Å². The number of nitrogen functional groups attached to an aromatic ring is 1. The zero-order chi connectivity index (χ0) is 42.0. The SMILES string of the molecule is Nc1cccc(CC2=CCN(C(=O)/C=C/c3cnc4c(c3)CCC(=O)N4)CC2)c1.O=C1CCc2cc(/C=C/C(=O)N3CC=C(Cc4cccc([N+](=O)[O-])c4)CC3)cnc2N1. The average molecular weight is 807 g/mol. The van der Waals surface area contributed by atoms with Crippen LogP contribution in [0.5, 0.6) is 0 Å². The van der Waals surface area contributed by atoms with Gasteiger partial charge in [0.15, 0.2) is 0 Å². The Kier molecular flexibility index (Phi) is 13.0. The molecule has 2 aromatic carbocycles. The van der Waals surface area contributed by atoms with Crippen LogP contribution in [0.25, 0.3) is 12.2 Å². The van der Waals surface area contributed by atoms with Crippen LogP contribution in [-0.4, -0.2) is 74.5 Å². The molecule has 8 rings (SSSR count). The molecule has 0 aliphatic carbocycles. The average Bonchev–Trinajstić information content (AvgIpc) is 3.25. The van der Waals surface area contributed by atoms with Gasteiger partial charge in [0.25, 0.3) is 5.69 Å². The number of hydrogen-bond donors (Lipinski definition) is 3. The number of nitrogens with one attached hydrogen (secondary N) is 2. The van der Waals surface area contributed by atoms with E-state index in [2.05, 4.69) is 32.7 Å². The Morgan fingerprint density at radius 1 is 0.700 bits per heavy atom. The molecule has 2 aromatic heterocycles. The maximum Gasteiger partial charge on any atom is 0.269 e. The van der Waals surface area contributed by atoms with E-state index in [9.17, 15) is 29.3 Å². The van der Waals surface area contributed by atoms with Gasteiger partial charge in [0.1, 0.15) is 11.6 Å². The van der Waals surface area contributed by atoms with Crippen LogP contribution < -0.4 is 16.4 Å². The van der Waals surface area contributed by atoms with E-state index in [-0.39, 0.29) is 34.2 Å². The first kappa shape index (κ1) is 41.0. The summed E-state index contributed by atoms with van der Waals surface area (Å²) in [5, 5.41) is 16.4. The number of fused-ring (bicyclic) bond motifs is 2. The van der Waals surface area contributed by atoms with Gasteiger partial charge in [-0.3, -0.25) is 29.3 Å². The molecule has 6 heterocycles. The molecule has 0 atom stereocenters. The first-order valence-corrected chi connectivity index (χ1v) is 20.0. The van der Waals surface area contributed by atoms with Crippen molar-refractivity contribution in [2.24, 2.45) is 0 Å². The van der Waals surface area contributed by atoms with Crippen molar-refractivity contribution in [2.45, 2.75) is 51.4 Å². The Bertz CT molecular complexity index is 2450. The highest BCUT2D eigenvalue weighted by Crippen LogP contribution is 2.24. The number of nitrogens with two attached hydrogens (primary N) is 1. The van der Waals surface area contributed by atoms with Crippen LogP contribution in [-0.2, 0) is 44.9 Å². The molecular formula is C46H46N8O6. The Hall–Kier alpha value is -7.22. The molecule has 0 spiro atoms. The fraction of sp³-hybridized carbons (Fsp3) is 0.261. The third kappa shape index (κ3) is 11.0. The standard InChI is InChI=1S/C23H22N4O4.C23H24N4O2/c28-21-6-5-19-13-18(15-24-23(19)25-21)4-7-22(29)26-10-8-16(9-11-26)12-17-2-1-3-20(14-17)27(30)31;24-20-3-1-2-17(14-20)12-16-8-10-27(11-9-16)22(29)7-4-18-13-19-5-6-21(28)26-23(19)25-15-18/h1-4,7-8,13-15H,5-6,9-12H2,(H,24,25,28);1-4,7-8,13-15H,5-6,9-12,24H2,(H,25,26,28)/b2*7-4+. The molecule has 0 bridgehead atoms. The van der Waals surface area contributed by atoms with Crippen LogP contribution in [0.15, 0.2) is 109 Å². The maximum absolute atomic E-state index is 12.5. The number of non-ortho nitro benzene ring substituents is 1. The van der Waals surface area contributed by atoms with Gasteiger partial charge < -0.3 is 26.2 Å². The van der Waals surface area contributed by atoms with E-state index in [1.807, 2.05) is 47.4 Å². The van der Waals surface area contributed by atoms with Crippen LogP contribution in [0.4, 0.5) is 23.0 Å². The van der Waals surface area contributed by atoms with Gasteiger partial charge in [0.05, 0.1) is 4.92 Å². The smallest absolute Gasteiger partial charge is 0.269 e. The normalized spacial score (nSPS) is 16.1. The van der Waals surface area contributed by atoms with Crippen molar-refractivity contribution in [1.82, 2.24) is 19.8 Å². The van der Waals surface area contributed by atoms with Crippen molar-refractivity contribution in [3.8, 4) is 0 Å². The Morgan fingerprint density at radius 2 is 1.20 bits per heavy atom. The first-order valence-electron chi connectivity index (χ1n) is 20.0. The largest absolute Gasteiger partial charge is 0.399 e. The van der Waals surface area contributed by atoms with Gasteiger partial charge in [-0.2, -0.15) is 0 Å². The number of carbonyl (C=O) groups is 4. The number of pyridine rings is 2. The van der Waals surface area contributed by atoms with E-state index in [1.54, 1.807) is 53.7 Å². The van der Waals surface area contributed by atoms with Crippen molar-refractivity contribution in [3.05, 3.63) is 152 Å². The molecule has 0 fully saturated rings. The lowest BCUT2D eigenvalue weighted by molar-refractivity contribution is -0.384. The topological polar surface area (TPSA) is 194 Å². The third-order valence-electron chi connectivity index (χ3n) is 10.7. The number of nitro groups is 1. The molecule has 14 heteroatoms. The number of carbonyl (C=O) groups excluding carboxylic acids is 4. The highest BCUT2D eigenvalue weighted by Gasteiger charge is 2.20. The summed E-state index contributed by atoms with van der Waals surface area (Å²) in [5.41, 5.74) is 15.0. The molecule has 4 aliphatic heterocycles. The molecule has 4 amide bonds. The number of nitro benzene ring substituents is 1. The van der Waals surface area contributed by atoms with E-state index in [4.69, 9.17) is 5.73 Å². The van der Waals surface area contributed by atoms with Crippen molar-refractivity contribution >= 4 is 58.8 Å². The Balaban J connectivity index is 0.000000182. The van der Waals surface area contributed by atoms with Gasteiger partial charge in [-0.05, 0) is 108 Å². The number of aryl methyl sites for hydroxylation is 2. The molecule has 4 aliphatic rings. The fourth-order valence-corrected chi connectivity index (χ4v) is 7.43. The number of hydrogen-bond acceptors (Lipinski definition) is 9. The van der Waals surface area contributed by atoms with Crippen molar-refractivity contribution in [1.29, 1.82) is 0 Å². The summed E-state index contributed by atoms with van der Waals surface area (Å²) in [6, 6.07) is 18.5. The molecule has 0 saturated carbocycles. The van der Waals surface area contributed by atoms with E-state index in [1.165, 1.54) is 22.8 Å². The van der Waals surface area contributed by atoms with Gasteiger partial charge >= 0.3 is 0 Å². The van der Waals surface area contributed by atoms with Gasteiger partial charge in [-0.1, -0.05) is 47.6 Å².